The van der Waals surface area contributed by atoms with Crippen molar-refractivity contribution < 1.29 is 0 Å². The quantitative estimate of drug-likeness (QED) is 0.868. The maximum absolute atomic E-state index is 4.49. The summed E-state index contributed by atoms with van der Waals surface area (Å²) in [7, 11) is 0. The molecule has 0 amide bonds. The molecule has 1 heterocycles. The molecule has 1 saturated carbocycles. The summed E-state index contributed by atoms with van der Waals surface area (Å²) in [4.78, 5) is 4.49. The van der Waals surface area contributed by atoms with Crippen LogP contribution in [-0.4, -0.2) is 25.6 Å². The second-order valence-corrected chi connectivity index (χ2v) is 5.88. The maximum atomic E-state index is 4.49. The summed E-state index contributed by atoms with van der Waals surface area (Å²) in [6.07, 6.45) is 6.38. The molecule has 0 saturated heterocycles. The largest absolute Gasteiger partial charge is 0.356 e. The maximum Gasteiger partial charge on any atom is 0.191 e. The van der Waals surface area contributed by atoms with Crippen molar-refractivity contribution in [2.75, 3.05) is 19.6 Å². The first-order valence-corrected chi connectivity index (χ1v) is 7.43. The van der Waals surface area contributed by atoms with Crippen molar-refractivity contribution in [1.82, 2.24) is 10.6 Å². The Balaban J connectivity index is 1.58. The minimum atomic E-state index is 0.447. The van der Waals surface area contributed by atoms with Gasteiger partial charge in [0.2, 0.25) is 0 Å². The fourth-order valence-corrected chi connectivity index (χ4v) is 3.04. The Hall–Kier alpha value is -1.51. The second-order valence-electron chi connectivity index (χ2n) is 5.88. The lowest BCUT2D eigenvalue weighted by atomic mass is 9.65. The Bertz CT molecular complexity index is 435. The van der Waals surface area contributed by atoms with E-state index in [9.17, 15) is 0 Å². The highest BCUT2D eigenvalue weighted by atomic mass is 15.2. The van der Waals surface area contributed by atoms with Gasteiger partial charge in [-0.1, -0.05) is 36.8 Å². The van der Waals surface area contributed by atoms with Gasteiger partial charge in [-0.25, -0.2) is 0 Å². The molecule has 1 aromatic rings. The Labute approximate surface area is 115 Å². The highest BCUT2D eigenvalue weighted by molar-refractivity contribution is 5.80. The molecule has 3 rings (SSSR count). The molecule has 0 aromatic heterocycles. The van der Waals surface area contributed by atoms with Crippen LogP contribution in [0.5, 0.6) is 0 Å². The van der Waals surface area contributed by atoms with Gasteiger partial charge in [0.15, 0.2) is 5.96 Å². The summed E-state index contributed by atoms with van der Waals surface area (Å²) in [5, 5.41) is 6.87. The van der Waals surface area contributed by atoms with Crippen LogP contribution in [0.3, 0.4) is 0 Å². The molecule has 1 aromatic carbocycles. The molecule has 102 valence electrons. The molecule has 0 radical (unpaired) electrons. The van der Waals surface area contributed by atoms with Crippen LogP contribution in [0.4, 0.5) is 0 Å². The molecule has 1 aliphatic carbocycles. The summed E-state index contributed by atoms with van der Waals surface area (Å²) in [6.45, 7) is 3.06. The number of hydrogen-bond acceptors (Lipinski definition) is 3. The van der Waals surface area contributed by atoms with E-state index in [0.29, 0.717) is 5.41 Å². The van der Waals surface area contributed by atoms with E-state index < -0.39 is 0 Å². The summed E-state index contributed by atoms with van der Waals surface area (Å²) in [6, 6.07) is 10.9. The number of hydrogen-bond donors (Lipinski definition) is 2. The zero-order valence-corrected chi connectivity index (χ0v) is 11.5. The average Bonchev–Trinajstić information content (AvgIpc) is 2.44. The molecule has 2 aliphatic rings. The number of aliphatic imine (C=N–C) groups is 1. The lowest BCUT2D eigenvalue weighted by molar-refractivity contribution is 0.137. The molecule has 3 nitrogen and oxygen atoms in total. The van der Waals surface area contributed by atoms with Crippen LogP contribution in [-0.2, 0) is 6.42 Å². The van der Waals surface area contributed by atoms with Gasteiger partial charge >= 0.3 is 0 Å². The molecular formula is C16H23N3. The third-order valence-electron chi connectivity index (χ3n) is 4.36. The molecule has 0 unspecified atom stereocenters. The van der Waals surface area contributed by atoms with Gasteiger partial charge in [0, 0.05) is 19.6 Å². The van der Waals surface area contributed by atoms with Gasteiger partial charge in [-0.15, -0.1) is 0 Å². The summed E-state index contributed by atoms with van der Waals surface area (Å²) in [5.74, 6) is 1.01. The van der Waals surface area contributed by atoms with E-state index in [0.717, 1.165) is 32.0 Å². The lowest BCUT2D eigenvalue weighted by Gasteiger charge is -2.42. The number of benzene rings is 1. The Morgan fingerprint density at radius 1 is 1.16 bits per heavy atom. The predicted octanol–water partition coefficient (Wildman–Crippen LogP) is 2.34. The fraction of sp³-hybridized carbons (Fsp3) is 0.562. The Kier molecular flexibility index (Phi) is 3.72. The minimum absolute atomic E-state index is 0.447. The molecule has 1 aliphatic heterocycles. The zero-order valence-electron chi connectivity index (χ0n) is 11.5. The van der Waals surface area contributed by atoms with E-state index in [4.69, 9.17) is 0 Å². The van der Waals surface area contributed by atoms with E-state index in [1.807, 2.05) is 0 Å². The number of nitrogens with one attached hydrogen (secondary N) is 2. The normalized spacial score (nSPS) is 20.9. The van der Waals surface area contributed by atoms with Crippen LogP contribution < -0.4 is 10.6 Å². The van der Waals surface area contributed by atoms with Crippen molar-refractivity contribution in [1.29, 1.82) is 0 Å². The molecule has 1 fully saturated rings. The van der Waals surface area contributed by atoms with Crippen LogP contribution >= 0.6 is 0 Å². The highest BCUT2D eigenvalue weighted by Crippen LogP contribution is 2.43. The van der Waals surface area contributed by atoms with E-state index in [-0.39, 0.29) is 0 Å². The predicted molar refractivity (Wildman–Crippen MR) is 79.4 cm³/mol. The van der Waals surface area contributed by atoms with Crippen LogP contribution in [0.2, 0.25) is 0 Å². The van der Waals surface area contributed by atoms with Crippen molar-refractivity contribution in [3.63, 3.8) is 0 Å². The number of rotatable bonds is 4. The van der Waals surface area contributed by atoms with Gasteiger partial charge in [-0.3, -0.25) is 4.99 Å². The first-order chi connectivity index (χ1) is 9.36. The molecule has 2 N–H and O–H groups in total. The molecule has 0 atom stereocenters. The minimum Gasteiger partial charge on any atom is -0.356 e. The molecular weight excluding hydrogens is 234 g/mol. The molecule has 0 bridgehead atoms. The molecule has 0 spiro atoms. The van der Waals surface area contributed by atoms with Gasteiger partial charge in [0.1, 0.15) is 0 Å². The van der Waals surface area contributed by atoms with Gasteiger partial charge in [0.25, 0.3) is 0 Å². The van der Waals surface area contributed by atoms with Crippen molar-refractivity contribution in [3.05, 3.63) is 35.9 Å². The van der Waals surface area contributed by atoms with Crippen LogP contribution in [0.15, 0.2) is 35.3 Å². The summed E-state index contributed by atoms with van der Waals surface area (Å²) < 4.78 is 0. The van der Waals surface area contributed by atoms with Gasteiger partial charge in [0.05, 0.1) is 0 Å². The third kappa shape index (κ3) is 3.09. The highest BCUT2D eigenvalue weighted by Gasteiger charge is 2.37. The second kappa shape index (κ2) is 5.64. The van der Waals surface area contributed by atoms with Crippen molar-refractivity contribution >= 4 is 5.96 Å². The van der Waals surface area contributed by atoms with Crippen molar-refractivity contribution in [2.24, 2.45) is 10.4 Å². The zero-order chi connectivity index (χ0) is 13.0. The first kappa shape index (κ1) is 12.5. The third-order valence-corrected chi connectivity index (χ3v) is 4.36. The SMILES string of the molecule is c1ccc(CC2(CNC3=NCCCN3)CCC2)cc1. The average molecular weight is 257 g/mol. The lowest BCUT2D eigenvalue weighted by Crippen LogP contribution is -2.48. The summed E-state index contributed by atoms with van der Waals surface area (Å²) in [5.41, 5.74) is 1.91. The Morgan fingerprint density at radius 2 is 2.00 bits per heavy atom. The van der Waals surface area contributed by atoms with E-state index in [2.05, 4.69) is 46.0 Å². The standard InChI is InChI=1S/C16H23N3/c1-2-6-14(7-3-1)12-16(8-4-9-16)13-19-15-17-10-5-11-18-15/h1-3,6-7H,4-5,8-13H2,(H2,17,18,19). The van der Waals surface area contributed by atoms with Crippen LogP contribution in [0.1, 0.15) is 31.2 Å². The van der Waals surface area contributed by atoms with Crippen molar-refractivity contribution in [3.8, 4) is 0 Å². The van der Waals surface area contributed by atoms with Crippen molar-refractivity contribution in [2.45, 2.75) is 32.1 Å². The van der Waals surface area contributed by atoms with Crippen LogP contribution in [0, 0.1) is 5.41 Å². The topological polar surface area (TPSA) is 36.4 Å². The van der Waals surface area contributed by atoms with E-state index in [1.54, 1.807) is 0 Å². The fourth-order valence-electron chi connectivity index (χ4n) is 3.04. The number of nitrogens with zero attached hydrogens (tertiary/aromatic N) is 1. The molecule has 3 heteroatoms. The van der Waals surface area contributed by atoms with E-state index in [1.165, 1.54) is 31.2 Å². The smallest absolute Gasteiger partial charge is 0.191 e. The van der Waals surface area contributed by atoms with Gasteiger partial charge in [-0.05, 0) is 36.7 Å². The number of guanidine groups is 1. The first-order valence-electron chi connectivity index (χ1n) is 7.43. The molecule has 19 heavy (non-hydrogen) atoms. The van der Waals surface area contributed by atoms with Gasteiger partial charge in [-0.2, -0.15) is 0 Å². The summed E-state index contributed by atoms with van der Waals surface area (Å²) >= 11 is 0. The van der Waals surface area contributed by atoms with Crippen LogP contribution in [0.25, 0.3) is 0 Å². The van der Waals surface area contributed by atoms with Gasteiger partial charge < -0.3 is 10.6 Å². The monoisotopic (exact) mass is 257 g/mol. The Morgan fingerprint density at radius 3 is 2.63 bits per heavy atom. The van der Waals surface area contributed by atoms with E-state index >= 15 is 0 Å².